The number of hydrogen-bond donors (Lipinski definition) is 0. The average molecular weight is 379 g/mol. The lowest BCUT2D eigenvalue weighted by atomic mass is 10.0. The molecule has 0 heterocycles. The Hall–Kier alpha value is -1.22. The summed E-state index contributed by atoms with van der Waals surface area (Å²) in [5, 5.41) is 3.55. The van der Waals surface area contributed by atoms with Crippen LogP contribution in [0.1, 0.15) is 44.6 Å². The monoisotopic (exact) mass is 378 g/mol. The van der Waals surface area contributed by atoms with E-state index in [2.05, 4.69) is 60.1 Å². The molecule has 2 rings (SSSR count). The highest BCUT2D eigenvalue weighted by atomic mass is 79.9. The minimum atomic E-state index is 0.765. The summed E-state index contributed by atoms with van der Waals surface area (Å²) in [5.41, 5.74) is 1.21. The van der Waals surface area contributed by atoms with Crippen molar-refractivity contribution in [1.29, 1.82) is 0 Å². The first-order chi connectivity index (χ1) is 11.3. The molecule has 23 heavy (non-hydrogen) atoms. The molecule has 0 saturated heterocycles. The van der Waals surface area contributed by atoms with Crippen molar-refractivity contribution < 1.29 is 9.47 Å². The first-order valence-electron chi connectivity index (χ1n) is 8.61. The van der Waals surface area contributed by atoms with Gasteiger partial charge in [-0.15, -0.1) is 0 Å². The van der Waals surface area contributed by atoms with Crippen molar-refractivity contribution in [2.24, 2.45) is 0 Å². The molecule has 0 spiro atoms. The predicted molar refractivity (Wildman–Crippen MR) is 102 cm³/mol. The van der Waals surface area contributed by atoms with Gasteiger partial charge in [0, 0.05) is 5.33 Å². The summed E-state index contributed by atoms with van der Waals surface area (Å²) in [6.45, 7) is 5.82. The van der Waals surface area contributed by atoms with E-state index in [9.17, 15) is 0 Å². The van der Waals surface area contributed by atoms with Crippen LogP contribution in [0.3, 0.4) is 0 Å². The highest BCUT2D eigenvalue weighted by Gasteiger charge is 2.06. The Labute approximate surface area is 148 Å². The number of benzene rings is 2. The summed E-state index contributed by atoms with van der Waals surface area (Å²) in [7, 11) is 0. The van der Waals surface area contributed by atoms with Gasteiger partial charge < -0.3 is 9.47 Å². The van der Waals surface area contributed by atoms with Crippen LogP contribution in [0.5, 0.6) is 11.5 Å². The van der Waals surface area contributed by atoms with Crippen LogP contribution in [0.25, 0.3) is 10.8 Å². The van der Waals surface area contributed by atoms with Gasteiger partial charge in [0.05, 0.1) is 13.2 Å². The Kier molecular flexibility index (Phi) is 7.73. The van der Waals surface area contributed by atoms with Gasteiger partial charge in [-0.2, -0.15) is 0 Å². The van der Waals surface area contributed by atoms with Gasteiger partial charge in [0.1, 0.15) is 11.5 Å². The Morgan fingerprint density at radius 3 is 2.52 bits per heavy atom. The topological polar surface area (TPSA) is 18.5 Å². The summed E-state index contributed by atoms with van der Waals surface area (Å²) < 4.78 is 11.7. The fourth-order valence-corrected chi connectivity index (χ4v) is 3.04. The Bertz CT molecular complexity index is 610. The largest absolute Gasteiger partial charge is 0.494 e. The third-order valence-electron chi connectivity index (χ3n) is 3.97. The number of alkyl halides is 1. The van der Waals surface area contributed by atoms with Gasteiger partial charge in [-0.05, 0) is 60.7 Å². The zero-order valence-corrected chi connectivity index (χ0v) is 15.8. The molecule has 2 nitrogen and oxygen atoms in total. The van der Waals surface area contributed by atoms with Crippen molar-refractivity contribution in [3.05, 3.63) is 35.9 Å². The van der Waals surface area contributed by atoms with E-state index in [0.29, 0.717) is 0 Å². The molecule has 0 fully saturated rings. The van der Waals surface area contributed by atoms with Crippen molar-refractivity contribution in [2.75, 3.05) is 18.5 Å². The highest BCUT2D eigenvalue weighted by molar-refractivity contribution is 9.09. The molecule has 2 aromatic carbocycles. The van der Waals surface area contributed by atoms with Crippen LogP contribution in [-0.4, -0.2) is 18.5 Å². The number of halogens is 1. The van der Waals surface area contributed by atoms with Crippen molar-refractivity contribution in [1.82, 2.24) is 0 Å². The molecule has 0 aliphatic rings. The highest BCUT2D eigenvalue weighted by Crippen LogP contribution is 2.30. The Morgan fingerprint density at radius 2 is 1.74 bits per heavy atom. The third kappa shape index (κ3) is 5.42. The molecule has 0 aromatic heterocycles. The van der Waals surface area contributed by atoms with Crippen LogP contribution in [-0.2, 0) is 0 Å². The molecule has 0 bridgehead atoms. The van der Waals surface area contributed by atoms with Gasteiger partial charge >= 0.3 is 0 Å². The normalized spacial score (nSPS) is 10.9. The second-order valence-electron chi connectivity index (χ2n) is 5.87. The molecule has 0 radical (unpaired) electrons. The summed E-state index contributed by atoms with van der Waals surface area (Å²) in [6.07, 6.45) is 5.90. The molecule has 0 N–H and O–H groups in total. The molecule has 0 aliphatic heterocycles. The number of rotatable bonds is 10. The molecule has 2 aromatic rings. The summed E-state index contributed by atoms with van der Waals surface area (Å²) >= 11 is 3.47. The number of hydrogen-bond acceptors (Lipinski definition) is 2. The first kappa shape index (κ1) is 18.1. The van der Waals surface area contributed by atoms with E-state index in [0.717, 1.165) is 42.9 Å². The maximum Gasteiger partial charge on any atom is 0.122 e. The molecular formula is C20H27BrO2. The van der Waals surface area contributed by atoms with Gasteiger partial charge in [-0.3, -0.25) is 0 Å². The Balaban J connectivity index is 1.98. The van der Waals surface area contributed by atoms with Crippen LogP contribution >= 0.6 is 15.9 Å². The van der Waals surface area contributed by atoms with Crippen LogP contribution < -0.4 is 9.47 Å². The van der Waals surface area contributed by atoms with E-state index in [1.54, 1.807) is 0 Å². The van der Waals surface area contributed by atoms with Crippen LogP contribution in [0.2, 0.25) is 0 Å². The fraction of sp³-hybridized carbons (Fsp3) is 0.500. The van der Waals surface area contributed by atoms with Crippen molar-refractivity contribution in [2.45, 2.75) is 46.0 Å². The van der Waals surface area contributed by atoms with Gasteiger partial charge in [0.2, 0.25) is 0 Å². The standard InChI is InChI=1S/C20H27BrO2/c1-3-13-22-18-9-10-19-16(2)20(11-8-17(19)15-18)23-14-7-5-4-6-12-21/h8-11,15H,3-7,12-14H2,1-2H3. The fourth-order valence-electron chi connectivity index (χ4n) is 2.64. The zero-order chi connectivity index (χ0) is 16.5. The van der Waals surface area contributed by atoms with E-state index in [4.69, 9.17) is 9.47 Å². The van der Waals surface area contributed by atoms with Crippen LogP contribution in [0.15, 0.2) is 30.3 Å². The van der Waals surface area contributed by atoms with Crippen LogP contribution in [0, 0.1) is 6.92 Å². The zero-order valence-electron chi connectivity index (χ0n) is 14.2. The maximum absolute atomic E-state index is 5.98. The molecule has 126 valence electrons. The summed E-state index contributed by atoms with van der Waals surface area (Å²) in [6, 6.07) is 10.5. The second-order valence-corrected chi connectivity index (χ2v) is 6.66. The number of unbranched alkanes of at least 4 members (excludes halogenated alkanes) is 3. The van der Waals surface area contributed by atoms with Crippen molar-refractivity contribution in [3.63, 3.8) is 0 Å². The molecule has 0 aliphatic carbocycles. The number of fused-ring (bicyclic) bond motifs is 1. The molecule has 3 heteroatoms. The lowest BCUT2D eigenvalue weighted by Gasteiger charge is -2.12. The van der Waals surface area contributed by atoms with Gasteiger partial charge in [0.25, 0.3) is 0 Å². The van der Waals surface area contributed by atoms with Crippen LogP contribution in [0.4, 0.5) is 0 Å². The lowest BCUT2D eigenvalue weighted by Crippen LogP contribution is -1.99. The average Bonchev–Trinajstić information content (AvgIpc) is 2.58. The first-order valence-corrected chi connectivity index (χ1v) is 9.73. The third-order valence-corrected chi connectivity index (χ3v) is 4.53. The molecule has 0 saturated carbocycles. The molecule has 0 atom stereocenters. The van der Waals surface area contributed by atoms with E-state index >= 15 is 0 Å². The van der Waals surface area contributed by atoms with E-state index in [1.807, 2.05) is 0 Å². The van der Waals surface area contributed by atoms with Crippen molar-refractivity contribution in [3.8, 4) is 11.5 Å². The van der Waals surface area contributed by atoms with Gasteiger partial charge in [-0.1, -0.05) is 47.8 Å². The van der Waals surface area contributed by atoms with Crippen molar-refractivity contribution >= 4 is 26.7 Å². The minimum Gasteiger partial charge on any atom is -0.494 e. The van der Waals surface area contributed by atoms with Gasteiger partial charge in [-0.25, -0.2) is 0 Å². The molecule has 0 unspecified atom stereocenters. The molecular weight excluding hydrogens is 352 g/mol. The SMILES string of the molecule is CCCOc1ccc2c(C)c(OCCCCCCBr)ccc2c1. The Morgan fingerprint density at radius 1 is 0.913 bits per heavy atom. The van der Waals surface area contributed by atoms with E-state index in [-0.39, 0.29) is 0 Å². The maximum atomic E-state index is 5.98. The molecule has 0 amide bonds. The second kappa shape index (κ2) is 9.82. The van der Waals surface area contributed by atoms with Gasteiger partial charge in [0.15, 0.2) is 0 Å². The van der Waals surface area contributed by atoms with E-state index in [1.165, 1.54) is 35.6 Å². The summed E-state index contributed by atoms with van der Waals surface area (Å²) in [4.78, 5) is 0. The summed E-state index contributed by atoms with van der Waals surface area (Å²) in [5.74, 6) is 1.94. The smallest absolute Gasteiger partial charge is 0.122 e. The number of ether oxygens (including phenoxy) is 2. The van der Waals surface area contributed by atoms with E-state index < -0.39 is 0 Å². The number of aryl methyl sites for hydroxylation is 1. The lowest BCUT2D eigenvalue weighted by molar-refractivity contribution is 0.303. The predicted octanol–water partition coefficient (Wildman–Crippen LogP) is 6.27. The minimum absolute atomic E-state index is 0.765. The quantitative estimate of drug-likeness (QED) is 0.358.